The highest BCUT2D eigenvalue weighted by molar-refractivity contribution is 5.82. The number of hydrogen-bond donors (Lipinski definition) is 2. The number of nitrogens with one attached hydrogen (secondary N) is 2. The second kappa shape index (κ2) is 8.82. The van der Waals surface area contributed by atoms with Crippen LogP contribution < -0.4 is 10.6 Å². The van der Waals surface area contributed by atoms with Gasteiger partial charge in [0.2, 0.25) is 5.91 Å². The fourth-order valence-corrected chi connectivity index (χ4v) is 1.70. The van der Waals surface area contributed by atoms with Gasteiger partial charge >= 0.3 is 6.09 Å². The monoisotopic (exact) mass is 286 g/mol. The molecule has 1 atom stereocenters. The maximum Gasteiger partial charge on any atom is 0.408 e. The minimum atomic E-state index is -0.569. The Kier molecular flexibility index (Phi) is 8.26. The fourth-order valence-electron chi connectivity index (χ4n) is 1.70. The van der Waals surface area contributed by atoms with Gasteiger partial charge < -0.3 is 15.4 Å². The number of hydrogen-bond acceptors (Lipinski definition) is 3. The summed E-state index contributed by atoms with van der Waals surface area (Å²) in [6.45, 7) is 11.6. The Morgan fingerprint density at radius 1 is 1.10 bits per heavy atom. The van der Waals surface area contributed by atoms with Gasteiger partial charge in [-0.3, -0.25) is 4.79 Å². The molecule has 0 heterocycles. The van der Waals surface area contributed by atoms with Crippen LogP contribution in [0.3, 0.4) is 0 Å². The van der Waals surface area contributed by atoms with E-state index in [-0.39, 0.29) is 18.5 Å². The molecule has 0 rings (SSSR count). The molecule has 5 heteroatoms. The molecule has 2 N–H and O–H groups in total. The van der Waals surface area contributed by atoms with E-state index in [4.69, 9.17) is 4.74 Å². The molecule has 0 aliphatic heterocycles. The van der Waals surface area contributed by atoms with Crippen molar-refractivity contribution in [3.8, 4) is 0 Å². The first-order valence-electron chi connectivity index (χ1n) is 7.36. The summed E-state index contributed by atoms with van der Waals surface area (Å²) >= 11 is 0. The molecule has 0 aliphatic carbocycles. The molecule has 1 unspecified atom stereocenters. The van der Waals surface area contributed by atoms with Crippen molar-refractivity contribution in [3.05, 3.63) is 0 Å². The van der Waals surface area contributed by atoms with Gasteiger partial charge in [0.05, 0.1) is 0 Å². The predicted molar refractivity (Wildman–Crippen MR) is 80.5 cm³/mol. The molecule has 0 aromatic carbocycles. The van der Waals surface area contributed by atoms with E-state index in [0.717, 1.165) is 19.3 Å². The van der Waals surface area contributed by atoms with Crippen molar-refractivity contribution in [3.63, 3.8) is 0 Å². The molecule has 0 radical (unpaired) electrons. The lowest BCUT2D eigenvalue weighted by Gasteiger charge is -2.20. The van der Waals surface area contributed by atoms with Crippen molar-refractivity contribution in [2.75, 3.05) is 6.54 Å². The minimum Gasteiger partial charge on any atom is -0.444 e. The van der Waals surface area contributed by atoms with Crippen molar-refractivity contribution in [1.82, 2.24) is 10.6 Å². The standard InChI is InChI=1S/C15H30N2O3/c1-11(2)8-7-9-12(3)17-13(18)10-16-14(19)20-15(4,5)6/h11-12H,7-10H2,1-6H3,(H,16,19)(H,17,18). The SMILES string of the molecule is CC(C)CCCC(C)NC(=O)CNC(=O)OC(C)(C)C. The molecule has 20 heavy (non-hydrogen) atoms. The summed E-state index contributed by atoms with van der Waals surface area (Å²) in [6, 6.07) is 0.127. The zero-order valence-corrected chi connectivity index (χ0v) is 13.7. The zero-order chi connectivity index (χ0) is 15.8. The average Bonchev–Trinajstić information content (AvgIpc) is 2.23. The van der Waals surface area contributed by atoms with E-state index >= 15 is 0 Å². The highest BCUT2D eigenvalue weighted by atomic mass is 16.6. The van der Waals surface area contributed by atoms with Gasteiger partial charge in [-0.1, -0.05) is 26.7 Å². The van der Waals surface area contributed by atoms with Gasteiger partial charge in [0.25, 0.3) is 0 Å². The van der Waals surface area contributed by atoms with Crippen LogP contribution in [0.25, 0.3) is 0 Å². The Bertz CT molecular complexity index is 309. The molecule has 0 saturated carbocycles. The number of rotatable bonds is 7. The lowest BCUT2D eigenvalue weighted by atomic mass is 10.0. The van der Waals surface area contributed by atoms with Gasteiger partial charge in [-0.2, -0.15) is 0 Å². The van der Waals surface area contributed by atoms with Crippen LogP contribution in [0.15, 0.2) is 0 Å². The molecule has 0 aromatic heterocycles. The Labute approximate surface area is 122 Å². The van der Waals surface area contributed by atoms with E-state index in [9.17, 15) is 9.59 Å². The molecule has 0 fully saturated rings. The molecular formula is C15H30N2O3. The lowest BCUT2D eigenvalue weighted by Crippen LogP contribution is -2.42. The maximum atomic E-state index is 11.6. The summed E-state index contributed by atoms with van der Waals surface area (Å²) in [7, 11) is 0. The second-order valence-corrected chi connectivity index (χ2v) is 6.65. The molecule has 0 aromatic rings. The summed E-state index contributed by atoms with van der Waals surface area (Å²) in [5, 5.41) is 5.31. The van der Waals surface area contributed by atoms with Crippen LogP contribution in [-0.4, -0.2) is 30.2 Å². The number of ether oxygens (including phenoxy) is 1. The van der Waals surface area contributed by atoms with Crippen molar-refractivity contribution >= 4 is 12.0 Å². The first kappa shape index (κ1) is 18.7. The smallest absolute Gasteiger partial charge is 0.408 e. The molecule has 118 valence electrons. The normalized spacial score (nSPS) is 12.9. The zero-order valence-electron chi connectivity index (χ0n) is 13.7. The number of amides is 2. The van der Waals surface area contributed by atoms with E-state index in [1.165, 1.54) is 0 Å². The number of alkyl carbamates (subject to hydrolysis) is 1. The molecular weight excluding hydrogens is 256 g/mol. The molecule has 0 saturated heterocycles. The molecule has 5 nitrogen and oxygen atoms in total. The number of carbonyl (C=O) groups excluding carboxylic acids is 2. The van der Waals surface area contributed by atoms with Crippen molar-refractivity contribution in [1.29, 1.82) is 0 Å². The van der Waals surface area contributed by atoms with Gasteiger partial charge in [0, 0.05) is 6.04 Å². The Morgan fingerprint density at radius 2 is 1.70 bits per heavy atom. The summed E-state index contributed by atoms with van der Waals surface area (Å²) in [5.41, 5.74) is -0.551. The van der Waals surface area contributed by atoms with Crippen molar-refractivity contribution in [2.24, 2.45) is 5.92 Å². The van der Waals surface area contributed by atoms with Crippen LogP contribution in [0.2, 0.25) is 0 Å². The van der Waals surface area contributed by atoms with Crippen LogP contribution in [0.5, 0.6) is 0 Å². The van der Waals surface area contributed by atoms with Gasteiger partial charge in [0.1, 0.15) is 12.1 Å². The summed E-state index contributed by atoms with van der Waals surface area (Å²) < 4.78 is 5.05. The lowest BCUT2D eigenvalue weighted by molar-refractivity contribution is -0.120. The van der Waals surface area contributed by atoms with Crippen LogP contribution >= 0.6 is 0 Å². The van der Waals surface area contributed by atoms with Crippen LogP contribution in [-0.2, 0) is 9.53 Å². The minimum absolute atomic E-state index is 0.0521. The van der Waals surface area contributed by atoms with E-state index in [0.29, 0.717) is 5.92 Å². The van der Waals surface area contributed by atoms with E-state index < -0.39 is 11.7 Å². The fraction of sp³-hybridized carbons (Fsp3) is 0.867. The van der Waals surface area contributed by atoms with Crippen molar-refractivity contribution < 1.29 is 14.3 Å². The summed E-state index contributed by atoms with van der Waals surface area (Å²) in [6.07, 6.45) is 2.64. The van der Waals surface area contributed by atoms with E-state index in [1.54, 1.807) is 20.8 Å². The summed E-state index contributed by atoms with van der Waals surface area (Å²) in [4.78, 5) is 23.0. The van der Waals surface area contributed by atoms with Crippen LogP contribution in [0.1, 0.15) is 60.8 Å². The summed E-state index contributed by atoms with van der Waals surface area (Å²) in [5.74, 6) is 0.500. The molecule has 0 aliphatic rings. The molecule has 0 bridgehead atoms. The van der Waals surface area contributed by atoms with Crippen LogP contribution in [0, 0.1) is 5.92 Å². The Hall–Kier alpha value is -1.26. The first-order valence-corrected chi connectivity index (χ1v) is 7.36. The van der Waals surface area contributed by atoms with Crippen LogP contribution in [0.4, 0.5) is 4.79 Å². The largest absolute Gasteiger partial charge is 0.444 e. The number of carbonyl (C=O) groups is 2. The Balaban J connectivity index is 3.80. The first-order chi connectivity index (χ1) is 9.10. The third kappa shape index (κ3) is 11.8. The molecule has 2 amide bonds. The second-order valence-electron chi connectivity index (χ2n) is 6.65. The van der Waals surface area contributed by atoms with E-state index in [2.05, 4.69) is 24.5 Å². The quantitative estimate of drug-likeness (QED) is 0.756. The van der Waals surface area contributed by atoms with Gasteiger partial charge in [-0.15, -0.1) is 0 Å². The maximum absolute atomic E-state index is 11.6. The van der Waals surface area contributed by atoms with Gasteiger partial charge in [-0.25, -0.2) is 4.79 Å². The van der Waals surface area contributed by atoms with E-state index in [1.807, 2.05) is 6.92 Å². The highest BCUT2D eigenvalue weighted by Crippen LogP contribution is 2.08. The third-order valence-corrected chi connectivity index (χ3v) is 2.62. The highest BCUT2D eigenvalue weighted by Gasteiger charge is 2.16. The Morgan fingerprint density at radius 3 is 2.20 bits per heavy atom. The van der Waals surface area contributed by atoms with Crippen molar-refractivity contribution in [2.45, 2.75) is 72.4 Å². The predicted octanol–water partition coefficient (Wildman–Crippen LogP) is 2.84. The third-order valence-electron chi connectivity index (χ3n) is 2.62. The molecule has 0 spiro atoms. The topological polar surface area (TPSA) is 67.4 Å². The van der Waals surface area contributed by atoms with Gasteiger partial charge in [-0.05, 0) is 40.0 Å². The van der Waals surface area contributed by atoms with Gasteiger partial charge in [0.15, 0.2) is 0 Å². The average molecular weight is 286 g/mol.